The predicted octanol–water partition coefficient (Wildman–Crippen LogP) is 4.30. The Labute approximate surface area is 111 Å². The molecule has 0 amide bonds. The van der Waals surface area contributed by atoms with Crippen LogP contribution in [0.3, 0.4) is 0 Å². The molecule has 96 valence electrons. The van der Waals surface area contributed by atoms with E-state index in [9.17, 15) is 0 Å². The monoisotopic (exact) mass is 253 g/mol. The van der Waals surface area contributed by atoms with E-state index in [4.69, 9.17) is 11.6 Å². The number of hydrogen-bond acceptors (Lipinski definition) is 1. The molecular formula is C15H24ClN. The Morgan fingerprint density at radius 2 is 1.82 bits per heavy atom. The molecule has 0 bridgehead atoms. The van der Waals surface area contributed by atoms with Crippen LogP contribution >= 0.6 is 11.6 Å². The highest BCUT2D eigenvalue weighted by Gasteiger charge is 2.02. The van der Waals surface area contributed by atoms with E-state index >= 15 is 0 Å². The van der Waals surface area contributed by atoms with Crippen molar-refractivity contribution in [3.8, 4) is 0 Å². The van der Waals surface area contributed by atoms with Crippen molar-refractivity contribution in [3.63, 3.8) is 0 Å². The molecule has 1 nitrogen and oxygen atoms in total. The number of nitrogens with one attached hydrogen (secondary N) is 1. The van der Waals surface area contributed by atoms with Crippen molar-refractivity contribution in [2.24, 2.45) is 5.92 Å². The van der Waals surface area contributed by atoms with Crippen molar-refractivity contribution in [1.82, 2.24) is 5.32 Å². The van der Waals surface area contributed by atoms with E-state index in [1.165, 1.54) is 24.8 Å². The number of aryl methyl sites for hydroxylation is 1. The van der Waals surface area contributed by atoms with Gasteiger partial charge in [-0.25, -0.2) is 0 Å². The third kappa shape index (κ3) is 6.70. The molecule has 0 fully saturated rings. The first kappa shape index (κ1) is 14.5. The molecule has 1 rings (SSSR count). The molecule has 0 aromatic heterocycles. The summed E-state index contributed by atoms with van der Waals surface area (Å²) < 4.78 is 0. The lowest BCUT2D eigenvalue weighted by atomic mass is 9.98. The minimum absolute atomic E-state index is 0.787. The lowest BCUT2D eigenvalue weighted by Crippen LogP contribution is -2.18. The van der Waals surface area contributed by atoms with Crippen molar-refractivity contribution in [3.05, 3.63) is 34.9 Å². The quantitative estimate of drug-likeness (QED) is 0.682. The van der Waals surface area contributed by atoms with E-state index in [0.717, 1.165) is 30.5 Å². The zero-order chi connectivity index (χ0) is 12.5. The van der Waals surface area contributed by atoms with Crippen LogP contribution in [0.1, 0.15) is 38.7 Å². The number of halogens is 1. The lowest BCUT2D eigenvalue weighted by Gasteiger charge is -2.11. The van der Waals surface area contributed by atoms with Gasteiger partial charge in [-0.05, 0) is 62.4 Å². The van der Waals surface area contributed by atoms with Gasteiger partial charge in [-0.1, -0.05) is 37.6 Å². The van der Waals surface area contributed by atoms with Crippen LogP contribution in [0.15, 0.2) is 24.3 Å². The molecule has 0 aliphatic heterocycles. The van der Waals surface area contributed by atoms with E-state index in [-0.39, 0.29) is 0 Å². The summed E-state index contributed by atoms with van der Waals surface area (Å²) >= 11 is 5.86. The summed E-state index contributed by atoms with van der Waals surface area (Å²) in [5.41, 5.74) is 1.39. The Hall–Kier alpha value is -0.530. The zero-order valence-electron chi connectivity index (χ0n) is 11.0. The molecular weight excluding hydrogens is 230 g/mol. The molecule has 1 atom stereocenters. The molecule has 1 aromatic carbocycles. The molecule has 1 aromatic rings. The van der Waals surface area contributed by atoms with Crippen molar-refractivity contribution in [2.45, 2.75) is 39.5 Å². The van der Waals surface area contributed by atoms with Crippen LogP contribution < -0.4 is 5.32 Å². The smallest absolute Gasteiger partial charge is 0.0406 e. The molecule has 0 spiro atoms. The molecule has 0 saturated heterocycles. The molecule has 0 radical (unpaired) electrons. The maximum atomic E-state index is 5.86. The van der Waals surface area contributed by atoms with E-state index in [1.807, 2.05) is 12.1 Å². The third-order valence-electron chi connectivity index (χ3n) is 3.08. The first-order valence-electron chi connectivity index (χ1n) is 6.67. The van der Waals surface area contributed by atoms with Gasteiger partial charge in [0.2, 0.25) is 0 Å². The van der Waals surface area contributed by atoms with Gasteiger partial charge in [0.15, 0.2) is 0 Å². The first-order chi connectivity index (χ1) is 8.22. The molecule has 17 heavy (non-hydrogen) atoms. The highest BCUT2D eigenvalue weighted by atomic mass is 35.5. The second kappa shape index (κ2) is 8.54. The highest BCUT2D eigenvalue weighted by Crippen LogP contribution is 2.15. The Kier molecular flexibility index (Phi) is 7.30. The van der Waals surface area contributed by atoms with Crippen LogP contribution in [0.25, 0.3) is 0 Å². The van der Waals surface area contributed by atoms with Gasteiger partial charge in [0.25, 0.3) is 0 Å². The van der Waals surface area contributed by atoms with Crippen molar-refractivity contribution < 1.29 is 0 Å². The van der Waals surface area contributed by atoms with Gasteiger partial charge >= 0.3 is 0 Å². The fourth-order valence-electron chi connectivity index (χ4n) is 1.86. The van der Waals surface area contributed by atoms with E-state index < -0.39 is 0 Å². The Bertz CT molecular complexity index is 294. The summed E-state index contributed by atoms with van der Waals surface area (Å²) in [6.07, 6.45) is 4.91. The van der Waals surface area contributed by atoms with Crippen molar-refractivity contribution >= 4 is 11.6 Å². The van der Waals surface area contributed by atoms with Gasteiger partial charge in [-0.3, -0.25) is 0 Å². The fourth-order valence-corrected chi connectivity index (χ4v) is 1.98. The molecule has 1 N–H and O–H groups in total. The largest absolute Gasteiger partial charge is 0.317 e. The average molecular weight is 254 g/mol. The van der Waals surface area contributed by atoms with Gasteiger partial charge in [0.1, 0.15) is 0 Å². The SMILES string of the molecule is CCCNCCC(C)CCc1ccc(Cl)cc1. The topological polar surface area (TPSA) is 12.0 Å². The lowest BCUT2D eigenvalue weighted by molar-refractivity contribution is 0.470. The maximum absolute atomic E-state index is 5.86. The van der Waals surface area contributed by atoms with Crippen LogP contribution in [0.5, 0.6) is 0 Å². The summed E-state index contributed by atoms with van der Waals surface area (Å²) in [7, 11) is 0. The van der Waals surface area contributed by atoms with E-state index in [2.05, 4.69) is 31.3 Å². The summed E-state index contributed by atoms with van der Waals surface area (Å²) in [6.45, 7) is 6.83. The number of benzene rings is 1. The third-order valence-corrected chi connectivity index (χ3v) is 3.33. The molecule has 2 heteroatoms. The number of rotatable bonds is 8. The first-order valence-corrected chi connectivity index (χ1v) is 7.05. The predicted molar refractivity (Wildman–Crippen MR) is 76.7 cm³/mol. The molecule has 0 saturated carbocycles. The highest BCUT2D eigenvalue weighted by molar-refractivity contribution is 6.30. The molecule has 0 aliphatic carbocycles. The van der Waals surface area contributed by atoms with Crippen molar-refractivity contribution in [2.75, 3.05) is 13.1 Å². The van der Waals surface area contributed by atoms with Gasteiger partial charge < -0.3 is 5.32 Å². The number of hydrogen-bond donors (Lipinski definition) is 1. The molecule has 0 aliphatic rings. The van der Waals surface area contributed by atoms with Gasteiger partial charge in [-0.2, -0.15) is 0 Å². The summed E-state index contributed by atoms with van der Waals surface area (Å²) in [5.74, 6) is 0.787. The van der Waals surface area contributed by atoms with Crippen LogP contribution in [0.4, 0.5) is 0 Å². The summed E-state index contributed by atoms with van der Waals surface area (Å²) in [4.78, 5) is 0. The van der Waals surface area contributed by atoms with Crippen LogP contribution in [0.2, 0.25) is 5.02 Å². The molecule has 0 heterocycles. The maximum Gasteiger partial charge on any atom is 0.0406 e. The summed E-state index contributed by atoms with van der Waals surface area (Å²) in [5, 5.41) is 4.28. The zero-order valence-corrected chi connectivity index (χ0v) is 11.8. The normalized spacial score (nSPS) is 12.6. The van der Waals surface area contributed by atoms with Gasteiger partial charge in [0.05, 0.1) is 0 Å². The Morgan fingerprint density at radius 3 is 2.47 bits per heavy atom. The standard InChI is InChI=1S/C15H24ClN/c1-3-11-17-12-10-13(2)4-5-14-6-8-15(16)9-7-14/h6-9,13,17H,3-5,10-12H2,1-2H3. The minimum Gasteiger partial charge on any atom is -0.317 e. The van der Waals surface area contributed by atoms with Crippen LogP contribution in [-0.2, 0) is 6.42 Å². The Balaban J connectivity index is 2.14. The molecule has 1 unspecified atom stereocenters. The van der Waals surface area contributed by atoms with Gasteiger partial charge in [-0.15, -0.1) is 0 Å². The Morgan fingerprint density at radius 1 is 1.12 bits per heavy atom. The minimum atomic E-state index is 0.787. The fraction of sp³-hybridized carbons (Fsp3) is 0.600. The summed E-state index contributed by atoms with van der Waals surface area (Å²) in [6, 6.07) is 8.21. The van der Waals surface area contributed by atoms with Crippen LogP contribution in [0, 0.1) is 5.92 Å². The van der Waals surface area contributed by atoms with Crippen molar-refractivity contribution in [1.29, 1.82) is 0 Å². The van der Waals surface area contributed by atoms with E-state index in [1.54, 1.807) is 0 Å². The van der Waals surface area contributed by atoms with E-state index in [0.29, 0.717) is 0 Å². The average Bonchev–Trinajstić information content (AvgIpc) is 2.34. The van der Waals surface area contributed by atoms with Crippen LogP contribution in [-0.4, -0.2) is 13.1 Å². The van der Waals surface area contributed by atoms with Gasteiger partial charge in [0, 0.05) is 5.02 Å². The second-order valence-electron chi connectivity index (χ2n) is 4.81. The second-order valence-corrected chi connectivity index (χ2v) is 5.25.